The third-order valence-electron chi connectivity index (χ3n) is 4.80. The molecule has 168 valence electrons. The number of hydrogen-bond acceptors (Lipinski definition) is 9. The minimum Gasteiger partial charge on any atom is -0.454 e. The summed E-state index contributed by atoms with van der Waals surface area (Å²) in [5.41, 5.74) is 0.916. The smallest absolute Gasteiger partial charge is 0.257 e. The van der Waals surface area contributed by atoms with Crippen LogP contribution < -0.4 is 14.8 Å². The van der Waals surface area contributed by atoms with E-state index in [4.69, 9.17) is 20.0 Å². The highest BCUT2D eigenvalue weighted by atomic mass is 32.2. The summed E-state index contributed by atoms with van der Waals surface area (Å²) in [6, 6.07) is 12.8. The SMILES string of the molecule is N#CCCN(CCC#N)S(=O)(=O)c1ccc(C(=O)Nc2nc3cc4c(cc3s2)OCO4)cc1. The largest absolute Gasteiger partial charge is 0.454 e. The van der Waals surface area contributed by atoms with Crippen LogP contribution in [0.15, 0.2) is 41.3 Å². The molecule has 12 heteroatoms. The quantitative estimate of drug-likeness (QED) is 0.514. The lowest BCUT2D eigenvalue weighted by atomic mass is 10.2. The Hall–Kier alpha value is -3.71. The molecule has 2 aromatic carbocycles. The van der Waals surface area contributed by atoms with E-state index < -0.39 is 15.9 Å². The summed E-state index contributed by atoms with van der Waals surface area (Å²) < 4.78 is 38.4. The Balaban J connectivity index is 1.49. The molecule has 0 atom stereocenters. The number of carbonyl (C=O) groups is 1. The van der Waals surface area contributed by atoms with E-state index >= 15 is 0 Å². The molecule has 0 saturated heterocycles. The van der Waals surface area contributed by atoms with Crippen molar-refractivity contribution in [1.29, 1.82) is 10.5 Å². The summed E-state index contributed by atoms with van der Waals surface area (Å²) in [5, 5.41) is 20.7. The summed E-state index contributed by atoms with van der Waals surface area (Å²) >= 11 is 1.28. The molecule has 1 aromatic heterocycles. The van der Waals surface area contributed by atoms with Crippen LogP contribution in [0.5, 0.6) is 11.5 Å². The molecule has 33 heavy (non-hydrogen) atoms. The van der Waals surface area contributed by atoms with E-state index in [0.29, 0.717) is 22.1 Å². The standard InChI is InChI=1S/C21H17N5O5S2/c22-7-1-9-26(10-2-8-23)33(28,29)15-5-3-14(4-6-15)20(27)25-21-24-16-11-17-18(31-13-30-17)12-19(16)32-21/h3-6,11-12H,1-2,9-10,13H2,(H,24,25,27). The van der Waals surface area contributed by atoms with Crippen molar-refractivity contribution >= 4 is 42.6 Å². The van der Waals surface area contributed by atoms with E-state index in [9.17, 15) is 13.2 Å². The Kier molecular flexibility index (Phi) is 6.42. The van der Waals surface area contributed by atoms with Crippen LogP contribution in [0.4, 0.5) is 5.13 Å². The highest BCUT2D eigenvalue weighted by molar-refractivity contribution is 7.89. The van der Waals surface area contributed by atoms with Crippen molar-refractivity contribution in [3.8, 4) is 23.6 Å². The second-order valence-corrected chi connectivity index (χ2v) is 9.86. The monoisotopic (exact) mass is 483 g/mol. The number of ether oxygens (including phenoxy) is 2. The zero-order chi connectivity index (χ0) is 23.4. The third kappa shape index (κ3) is 4.73. The maximum absolute atomic E-state index is 12.9. The van der Waals surface area contributed by atoms with Crippen molar-refractivity contribution in [2.45, 2.75) is 17.7 Å². The van der Waals surface area contributed by atoms with Crippen molar-refractivity contribution < 1.29 is 22.7 Å². The van der Waals surface area contributed by atoms with Crippen LogP contribution in [0.25, 0.3) is 10.2 Å². The van der Waals surface area contributed by atoms with E-state index in [1.165, 1.54) is 35.6 Å². The van der Waals surface area contributed by atoms with Crippen LogP contribution in [0, 0.1) is 22.7 Å². The molecule has 1 amide bonds. The lowest BCUT2D eigenvalue weighted by molar-refractivity contribution is 0.102. The van der Waals surface area contributed by atoms with Crippen molar-refractivity contribution in [1.82, 2.24) is 9.29 Å². The fraction of sp³-hybridized carbons (Fsp3) is 0.238. The number of amides is 1. The molecule has 3 aromatic rings. The Morgan fingerprint density at radius 2 is 1.73 bits per heavy atom. The predicted molar refractivity (Wildman–Crippen MR) is 119 cm³/mol. The first-order valence-electron chi connectivity index (χ1n) is 9.78. The minimum absolute atomic E-state index is 0.00848. The number of benzene rings is 2. The number of fused-ring (bicyclic) bond motifs is 2. The molecule has 0 spiro atoms. The summed E-state index contributed by atoms with van der Waals surface area (Å²) in [6.45, 7) is 0.135. The van der Waals surface area contributed by atoms with Gasteiger partial charge in [0.25, 0.3) is 5.91 Å². The number of thiazole rings is 1. The first-order chi connectivity index (χ1) is 15.9. The normalized spacial score (nSPS) is 12.5. The maximum Gasteiger partial charge on any atom is 0.257 e. The van der Waals surface area contributed by atoms with Crippen molar-refractivity contribution in [2.75, 3.05) is 25.2 Å². The number of nitriles is 2. The van der Waals surface area contributed by atoms with Gasteiger partial charge in [-0.05, 0) is 24.3 Å². The Morgan fingerprint density at radius 1 is 1.09 bits per heavy atom. The van der Waals surface area contributed by atoms with Gasteiger partial charge in [-0.25, -0.2) is 13.4 Å². The summed E-state index contributed by atoms with van der Waals surface area (Å²) in [7, 11) is -3.90. The molecule has 10 nitrogen and oxygen atoms in total. The van der Waals surface area contributed by atoms with Gasteiger partial charge in [0.2, 0.25) is 16.8 Å². The van der Waals surface area contributed by atoms with Crippen molar-refractivity contribution in [2.24, 2.45) is 0 Å². The average Bonchev–Trinajstić information content (AvgIpc) is 3.42. The fourth-order valence-corrected chi connectivity index (χ4v) is 5.48. The summed E-state index contributed by atoms with van der Waals surface area (Å²) in [6.07, 6.45) is 0.0170. The molecule has 1 N–H and O–H groups in total. The molecule has 1 aliphatic heterocycles. The van der Waals surface area contributed by atoms with Crippen LogP contribution in [-0.4, -0.2) is 43.5 Å². The van der Waals surface area contributed by atoms with Gasteiger partial charge in [0.1, 0.15) is 0 Å². The van der Waals surface area contributed by atoms with Crippen LogP contribution in [0.3, 0.4) is 0 Å². The average molecular weight is 484 g/mol. The van der Waals surface area contributed by atoms with E-state index in [-0.39, 0.29) is 43.2 Å². The lowest BCUT2D eigenvalue weighted by Crippen LogP contribution is -2.32. The highest BCUT2D eigenvalue weighted by Gasteiger charge is 2.24. The van der Waals surface area contributed by atoms with Crippen LogP contribution >= 0.6 is 11.3 Å². The fourth-order valence-electron chi connectivity index (χ4n) is 3.17. The first kappa shape index (κ1) is 22.5. The number of rotatable bonds is 8. The molecule has 0 unspecified atom stereocenters. The van der Waals surface area contributed by atoms with Crippen LogP contribution in [0.2, 0.25) is 0 Å². The molecule has 0 aliphatic carbocycles. The van der Waals surface area contributed by atoms with Gasteiger partial charge >= 0.3 is 0 Å². The van der Waals surface area contributed by atoms with Gasteiger partial charge < -0.3 is 9.47 Å². The zero-order valence-corrected chi connectivity index (χ0v) is 18.8. The molecule has 4 rings (SSSR count). The lowest BCUT2D eigenvalue weighted by Gasteiger charge is -2.20. The Labute approximate surface area is 193 Å². The summed E-state index contributed by atoms with van der Waals surface area (Å²) in [5.74, 6) is 0.782. The number of hydrogen-bond donors (Lipinski definition) is 1. The number of anilines is 1. The van der Waals surface area contributed by atoms with Crippen LogP contribution in [0.1, 0.15) is 23.2 Å². The first-order valence-corrected chi connectivity index (χ1v) is 12.0. The zero-order valence-electron chi connectivity index (χ0n) is 17.1. The molecule has 0 radical (unpaired) electrons. The maximum atomic E-state index is 12.9. The topological polar surface area (TPSA) is 145 Å². The van der Waals surface area contributed by atoms with Gasteiger partial charge in [0.15, 0.2) is 16.6 Å². The van der Waals surface area contributed by atoms with Gasteiger partial charge in [0, 0.05) is 43.6 Å². The second-order valence-electron chi connectivity index (χ2n) is 6.89. The van der Waals surface area contributed by atoms with E-state index in [0.717, 1.165) is 9.01 Å². The molecular weight excluding hydrogens is 466 g/mol. The molecule has 0 bridgehead atoms. The highest BCUT2D eigenvalue weighted by Crippen LogP contribution is 2.39. The van der Waals surface area contributed by atoms with Gasteiger partial charge in [0.05, 0.1) is 27.3 Å². The van der Waals surface area contributed by atoms with Crippen LogP contribution in [-0.2, 0) is 10.0 Å². The second kappa shape index (κ2) is 9.42. The van der Waals surface area contributed by atoms with E-state index in [1.807, 2.05) is 12.1 Å². The number of aromatic nitrogens is 1. The molecule has 2 heterocycles. The molecule has 0 fully saturated rings. The Bertz CT molecular complexity index is 1330. The van der Waals surface area contributed by atoms with Gasteiger partial charge in [-0.2, -0.15) is 14.8 Å². The molecule has 0 saturated carbocycles. The van der Waals surface area contributed by atoms with Crippen molar-refractivity contribution in [3.63, 3.8) is 0 Å². The predicted octanol–water partition coefficient (Wildman–Crippen LogP) is 3.10. The van der Waals surface area contributed by atoms with Gasteiger partial charge in [-0.3, -0.25) is 10.1 Å². The number of nitrogens with zero attached hydrogens (tertiary/aromatic N) is 4. The molecular formula is C21H17N5O5S2. The number of nitrogens with one attached hydrogen (secondary N) is 1. The third-order valence-corrected chi connectivity index (χ3v) is 7.65. The Morgan fingerprint density at radius 3 is 2.36 bits per heavy atom. The van der Waals surface area contributed by atoms with E-state index in [1.54, 1.807) is 12.1 Å². The van der Waals surface area contributed by atoms with Gasteiger partial charge in [-0.15, -0.1) is 0 Å². The minimum atomic E-state index is -3.90. The molecule has 1 aliphatic rings. The van der Waals surface area contributed by atoms with Crippen molar-refractivity contribution in [3.05, 3.63) is 42.0 Å². The van der Waals surface area contributed by atoms with Gasteiger partial charge in [-0.1, -0.05) is 11.3 Å². The van der Waals surface area contributed by atoms with E-state index in [2.05, 4.69) is 10.3 Å². The summed E-state index contributed by atoms with van der Waals surface area (Å²) in [4.78, 5) is 17.0. The number of carbonyl (C=O) groups excluding carboxylic acids is 1. The number of sulfonamides is 1.